The van der Waals surface area contributed by atoms with Crippen LogP contribution in [-0.4, -0.2) is 28.6 Å². The minimum Gasteiger partial charge on any atom is -0.224 e. The maximum atomic E-state index is 12.6. The number of halogens is 1. The van der Waals surface area contributed by atoms with E-state index in [0.29, 0.717) is 28.5 Å². The van der Waals surface area contributed by atoms with Gasteiger partial charge in [-0.25, -0.2) is 8.42 Å². The minimum atomic E-state index is -3.47. The van der Waals surface area contributed by atoms with Gasteiger partial charge in [0.25, 0.3) is 0 Å². The molecular weight excluding hydrogens is 444 g/mol. The Labute approximate surface area is 192 Å². The molecule has 8 heteroatoms. The van der Waals surface area contributed by atoms with Crippen LogP contribution in [0.4, 0.5) is 0 Å². The van der Waals surface area contributed by atoms with E-state index in [-0.39, 0.29) is 5.75 Å². The van der Waals surface area contributed by atoms with Crippen molar-refractivity contribution in [3.63, 3.8) is 0 Å². The standard InChI is InChI=1S/C24H21ClN4O2S/c1-18-5-2-7-20(13-18)16-29-27-24(26-28-29)22-9-3-8-21(14-22)17-32(30,31)12-11-19-6-4-10-23(25)15-19/h2-15H,16-17H2,1H3/b12-11+. The molecule has 32 heavy (non-hydrogen) atoms. The van der Waals surface area contributed by atoms with Crippen molar-refractivity contribution < 1.29 is 8.42 Å². The zero-order chi connectivity index (χ0) is 22.6. The Hall–Kier alpha value is -3.29. The molecule has 0 saturated carbocycles. The Kier molecular flexibility index (Phi) is 6.48. The van der Waals surface area contributed by atoms with Crippen molar-refractivity contribution in [3.05, 3.63) is 105 Å². The predicted octanol–water partition coefficient (Wildman–Crippen LogP) is 4.94. The van der Waals surface area contributed by atoms with Crippen molar-refractivity contribution in [2.75, 3.05) is 0 Å². The summed E-state index contributed by atoms with van der Waals surface area (Å²) in [4.78, 5) is 1.53. The first kappa shape index (κ1) is 21.9. The number of aryl methyl sites for hydroxylation is 1. The molecule has 0 aliphatic carbocycles. The zero-order valence-corrected chi connectivity index (χ0v) is 19.0. The molecule has 0 spiro atoms. The molecular formula is C24H21ClN4O2S. The van der Waals surface area contributed by atoms with E-state index in [1.807, 2.05) is 31.2 Å². The van der Waals surface area contributed by atoms with Gasteiger partial charge < -0.3 is 0 Å². The van der Waals surface area contributed by atoms with E-state index >= 15 is 0 Å². The molecule has 162 valence electrons. The summed E-state index contributed by atoms with van der Waals surface area (Å²) in [6.07, 6.45) is 1.55. The smallest absolute Gasteiger partial charge is 0.204 e. The summed E-state index contributed by atoms with van der Waals surface area (Å²) in [5, 5.41) is 14.5. The average Bonchev–Trinajstić information content (AvgIpc) is 3.21. The Morgan fingerprint density at radius 2 is 1.75 bits per heavy atom. The van der Waals surface area contributed by atoms with Gasteiger partial charge in [0.05, 0.1) is 12.3 Å². The normalized spacial score (nSPS) is 11.8. The van der Waals surface area contributed by atoms with Crippen LogP contribution in [0, 0.1) is 6.92 Å². The maximum absolute atomic E-state index is 12.6. The molecule has 0 bridgehead atoms. The summed E-state index contributed by atoms with van der Waals surface area (Å²) in [6, 6.07) is 22.3. The maximum Gasteiger partial charge on any atom is 0.204 e. The molecule has 0 N–H and O–H groups in total. The lowest BCUT2D eigenvalue weighted by molar-refractivity contribution is 0.572. The first-order chi connectivity index (χ1) is 15.4. The topological polar surface area (TPSA) is 77.7 Å². The Balaban J connectivity index is 1.48. The molecule has 0 aliphatic rings. The summed E-state index contributed by atoms with van der Waals surface area (Å²) < 4.78 is 25.1. The Morgan fingerprint density at radius 3 is 2.56 bits per heavy atom. The largest absolute Gasteiger partial charge is 0.224 e. The fourth-order valence-corrected chi connectivity index (χ4v) is 4.58. The van der Waals surface area contributed by atoms with E-state index < -0.39 is 9.84 Å². The van der Waals surface area contributed by atoms with Crippen LogP contribution in [0.15, 0.2) is 78.2 Å². The highest BCUT2D eigenvalue weighted by atomic mass is 35.5. The van der Waals surface area contributed by atoms with Crippen molar-refractivity contribution in [1.29, 1.82) is 0 Å². The number of tetrazole rings is 1. The second kappa shape index (κ2) is 9.46. The number of benzene rings is 3. The molecule has 3 aromatic carbocycles. The lowest BCUT2D eigenvalue weighted by Gasteiger charge is -2.03. The molecule has 0 unspecified atom stereocenters. The molecule has 0 radical (unpaired) electrons. The fourth-order valence-electron chi connectivity index (χ4n) is 3.27. The van der Waals surface area contributed by atoms with E-state index in [1.165, 1.54) is 15.8 Å². The van der Waals surface area contributed by atoms with Gasteiger partial charge in [-0.3, -0.25) is 0 Å². The minimum absolute atomic E-state index is 0.130. The predicted molar refractivity (Wildman–Crippen MR) is 127 cm³/mol. The number of aromatic nitrogens is 4. The van der Waals surface area contributed by atoms with E-state index in [2.05, 4.69) is 21.5 Å². The van der Waals surface area contributed by atoms with Gasteiger partial charge >= 0.3 is 0 Å². The van der Waals surface area contributed by atoms with Crippen LogP contribution in [0.2, 0.25) is 5.02 Å². The van der Waals surface area contributed by atoms with Gasteiger partial charge in [0.1, 0.15) is 0 Å². The summed E-state index contributed by atoms with van der Waals surface area (Å²) in [6.45, 7) is 2.55. The third-order valence-electron chi connectivity index (χ3n) is 4.73. The Morgan fingerprint density at radius 1 is 0.969 bits per heavy atom. The highest BCUT2D eigenvalue weighted by Gasteiger charge is 2.12. The van der Waals surface area contributed by atoms with E-state index in [9.17, 15) is 8.42 Å². The number of hydrogen-bond acceptors (Lipinski definition) is 5. The highest BCUT2D eigenvalue weighted by Crippen LogP contribution is 2.19. The molecule has 0 fully saturated rings. The second-order valence-corrected chi connectivity index (χ2v) is 9.82. The van der Waals surface area contributed by atoms with E-state index in [4.69, 9.17) is 11.6 Å². The van der Waals surface area contributed by atoms with Crippen molar-refractivity contribution in [3.8, 4) is 11.4 Å². The SMILES string of the molecule is Cc1cccc(Cn2nnc(-c3cccc(CS(=O)(=O)/C=C/c4cccc(Cl)c4)c3)n2)c1. The Bertz CT molecular complexity index is 1380. The van der Waals surface area contributed by atoms with Gasteiger partial charge in [-0.05, 0) is 53.1 Å². The van der Waals surface area contributed by atoms with E-state index in [0.717, 1.165) is 11.1 Å². The van der Waals surface area contributed by atoms with Crippen molar-refractivity contribution >= 4 is 27.5 Å². The van der Waals surface area contributed by atoms with Crippen LogP contribution >= 0.6 is 11.6 Å². The summed E-state index contributed by atoms with van der Waals surface area (Å²) in [7, 11) is -3.47. The summed E-state index contributed by atoms with van der Waals surface area (Å²) in [5.41, 5.74) is 4.34. The number of rotatable bonds is 7. The number of sulfone groups is 1. The van der Waals surface area contributed by atoms with Gasteiger partial charge in [-0.2, -0.15) is 4.80 Å². The van der Waals surface area contributed by atoms with Crippen LogP contribution in [0.25, 0.3) is 17.5 Å². The molecule has 0 atom stereocenters. The van der Waals surface area contributed by atoms with Gasteiger partial charge in [-0.1, -0.05) is 71.8 Å². The molecule has 4 aromatic rings. The van der Waals surface area contributed by atoms with Crippen molar-refractivity contribution in [2.45, 2.75) is 19.2 Å². The molecule has 0 saturated heterocycles. The van der Waals surface area contributed by atoms with Gasteiger partial charge in [0, 0.05) is 16.0 Å². The molecule has 4 rings (SSSR count). The van der Waals surface area contributed by atoms with Crippen molar-refractivity contribution in [2.24, 2.45) is 0 Å². The highest BCUT2D eigenvalue weighted by molar-refractivity contribution is 7.93. The third-order valence-corrected chi connectivity index (χ3v) is 6.25. The fraction of sp³-hybridized carbons (Fsp3) is 0.125. The second-order valence-electron chi connectivity index (χ2n) is 7.50. The molecule has 0 amide bonds. The third kappa shape index (κ3) is 5.90. The molecule has 0 aliphatic heterocycles. The van der Waals surface area contributed by atoms with Crippen LogP contribution in [0.1, 0.15) is 22.3 Å². The lowest BCUT2D eigenvalue weighted by atomic mass is 10.1. The first-order valence-corrected chi connectivity index (χ1v) is 12.0. The van der Waals surface area contributed by atoms with Gasteiger partial charge in [0.15, 0.2) is 9.84 Å². The summed E-state index contributed by atoms with van der Waals surface area (Å²) >= 11 is 5.95. The van der Waals surface area contributed by atoms with Crippen LogP contribution in [0.3, 0.4) is 0 Å². The lowest BCUT2D eigenvalue weighted by Crippen LogP contribution is -2.04. The van der Waals surface area contributed by atoms with Gasteiger partial charge in [0.2, 0.25) is 5.82 Å². The first-order valence-electron chi connectivity index (χ1n) is 9.95. The average molecular weight is 465 g/mol. The molecule has 6 nitrogen and oxygen atoms in total. The quantitative estimate of drug-likeness (QED) is 0.387. The number of nitrogens with zero attached hydrogens (tertiary/aromatic N) is 4. The zero-order valence-electron chi connectivity index (χ0n) is 17.4. The van der Waals surface area contributed by atoms with Crippen LogP contribution in [0.5, 0.6) is 0 Å². The van der Waals surface area contributed by atoms with Crippen LogP contribution in [-0.2, 0) is 22.1 Å². The monoisotopic (exact) mass is 464 g/mol. The number of hydrogen-bond donors (Lipinski definition) is 0. The summed E-state index contributed by atoms with van der Waals surface area (Å²) in [5.74, 6) is 0.321. The molecule has 1 aromatic heterocycles. The van der Waals surface area contributed by atoms with Gasteiger partial charge in [-0.15, -0.1) is 10.2 Å². The van der Waals surface area contributed by atoms with E-state index in [1.54, 1.807) is 48.5 Å². The van der Waals surface area contributed by atoms with Crippen LogP contribution < -0.4 is 0 Å². The molecule has 1 heterocycles. The van der Waals surface area contributed by atoms with Crippen molar-refractivity contribution in [1.82, 2.24) is 20.2 Å².